The predicted octanol–water partition coefficient (Wildman–Crippen LogP) is 3.70. The number of amides is 1. The van der Waals surface area contributed by atoms with Gasteiger partial charge < -0.3 is 9.32 Å². The minimum Gasteiger partial charge on any atom is -0.452 e. The number of thiophene rings is 1. The SMILES string of the molecule is CC(Cc1cccs1)N(C)C(=O)c1ccoc1Cl. The van der Waals surface area contributed by atoms with Gasteiger partial charge in [-0.05, 0) is 36.0 Å². The molecule has 2 aromatic rings. The van der Waals surface area contributed by atoms with Crippen molar-refractivity contribution in [3.05, 3.63) is 45.5 Å². The fourth-order valence-corrected chi connectivity index (χ4v) is 2.71. The van der Waals surface area contributed by atoms with Crippen LogP contribution in [0.25, 0.3) is 0 Å². The monoisotopic (exact) mass is 283 g/mol. The molecule has 96 valence electrons. The number of rotatable bonds is 4. The highest BCUT2D eigenvalue weighted by Crippen LogP contribution is 2.20. The van der Waals surface area contributed by atoms with Crippen LogP contribution >= 0.6 is 22.9 Å². The zero-order valence-corrected chi connectivity index (χ0v) is 11.8. The van der Waals surface area contributed by atoms with E-state index in [2.05, 4.69) is 6.07 Å². The van der Waals surface area contributed by atoms with Crippen LogP contribution in [-0.2, 0) is 6.42 Å². The number of halogens is 1. The van der Waals surface area contributed by atoms with E-state index in [0.29, 0.717) is 5.56 Å². The minimum absolute atomic E-state index is 0.113. The van der Waals surface area contributed by atoms with E-state index in [4.69, 9.17) is 16.0 Å². The topological polar surface area (TPSA) is 33.5 Å². The summed E-state index contributed by atoms with van der Waals surface area (Å²) in [5.41, 5.74) is 0.414. The Labute approximate surface area is 115 Å². The second-order valence-electron chi connectivity index (χ2n) is 4.16. The van der Waals surface area contributed by atoms with Crippen LogP contribution in [0.3, 0.4) is 0 Å². The summed E-state index contributed by atoms with van der Waals surface area (Å²) in [4.78, 5) is 15.1. The quantitative estimate of drug-likeness (QED) is 0.857. The van der Waals surface area contributed by atoms with E-state index in [0.717, 1.165) is 6.42 Å². The van der Waals surface area contributed by atoms with Crippen LogP contribution in [0.5, 0.6) is 0 Å². The lowest BCUT2D eigenvalue weighted by Crippen LogP contribution is -2.36. The standard InChI is InChI=1S/C13H14ClNO2S/c1-9(8-10-4-3-7-18-10)15(2)13(16)11-5-6-17-12(11)14/h3-7,9H,8H2,1-2H3. The first-order chi connectivity index (χ1) is 8.59. The molecule has 0 bridgehead atoms. The highest BCUT2D eigenvalue weighted by atomic mass is 35.5. The molecule has 0 aliphatic carbocycles. The molecule has 1 amide bonds. The molecule has 0 N–H and O–H groups in total. The van der Waals surface area contributed by atoms with Crippen molar-refractivity contribution in [3.63, 3.8) is 0 Å². The molecular weight excluding hydrogens is 270 g/mol. The van der Waals surface area contributed by atoms with Crippen LogP contribution in [0.4, 0.5) is 0 Å². The van der Waals surface area contributed by atoms with Crippen LogP contribution in [-0.4, -0.2) is 23.9 Å². The maximum Gasteiger partial charge on any atom is 0.258 e. The van der Waals surface area contributed by atoms with Gasteiger partial charge in [-0.1, -0.05) is 6.07 Å². The first-order valence-corrected chi connectivity index (χ1v) is 6.88. The normalized spacial score (nSPS) is 12.4. The fraction of sp³-hybridized carbons (Fsp3) is 0.308. The summed E-state index contributed by atoms with van der Waals surface area (Å²) in [6, 6.07) is 5.80. The summed E-state index contributed by atoms with van der Waals surface area (Å²) >= 11 is 7.51. The van der Waals surface area contributed by atoms with E-state index in [1.807, 2.05) is 18.4 Å². The summed E-state index contributed by atoms with van der Waals surface area (Å²) in [5.74, 6) is -0.113. The smallest absolute Gasteiger partial charge is 0.258 e. The number of furan rings is 1. The maximum absolute atomic E-state index is 12.2. The van der Waals surface area contributed by atoms with Gasteiger partial charge in [0.1, 0.15) is 0 Å². The highest BCUT2D eigenvalue weighted by Gasteiger charge is 2.21. The average Bonchev–Trinajstić information content (AvgIpc) is 2.98. The van der Waals surface area contributed by atoms with E-state index in [9.17, 15) is 4.79 Å². The Bertz CT molecular complexity index is 521. The van der Waals surface area contributed by atoms with Gasteiger partial charge in [0.25, 0.3) is 5.91 Å². The lowest BCUT2D eigenvalue weighted by atomic mass is 10.1. The first-order valence-electron chi connectivity index (χ1n) is 5.62. The van der Waals surface area contributed by atoms with Crippen molar-refractivity contribution in [1.29, 1.82) is 0 Å². The molecule has 5 heteroatoms. The van der Waals surface area contributed by atoms with Crippen molar-refractivity contribution in [2.45, 2.75) is 19.4 Å². The van der Waals surface area contributed by atoms with Gasteiger partial charge >= 0.3 is 0 Å². The van der Waals surface area contributed by atoms with Crippen molar-refractivity contribution in [2.24, 2.45) is 0 Å². The molecule has 0 radical (unpaired) electrons. The Morgan fingerprint density at radius 1 is 1.56 bits per heavy atom. The number of likely N-dealkylation sites (N-methyl/N-ethyl adjacent to an activating group) is 1. The molecule has 18 heavy (non-hydrogen) atoms. The zero-order chi connectivity index (χ0) is 13.1. The Kier molecular flexibility index (Phi) is 4.09. The van der Waals surface area contributed by atoms with Gasteiger partial charge in [-0.2, -0.15) is 0 Å². The van der Waals surface area contributed by atoms with Crippen molar-refractivity contribution >= 4 is 28.8 Å². The summed E-state index contributed by atoms with van der Waals surface area (Å²) in [7, 11) is 1.78. The minimum atomic E-state index is -0.113. The molecule has 2 heterocycles. The van der Waals surface area contributed by atoms with E-state index in [1.54, 1.807) is 29.4 Å². The molecule has 0 aromatic carbocycles. The molecule has 0 fully saturated rings. The Hall–Kier alpha value is -1.26. The molecule has 1 unspecified atom stereocenters. The number of nitrogens with zero attached hydrogens (tertiary/aromatic N) is 1. The van der Waals surface area contributed by atoms with Gasteiger partial charge in [-0.25, -0.2) is 0 Å². The van der Waals surface area contributed by atoms with Crippen molar-refractivity contribution < 1.29 is 9.21 Å². The van der Waals surface area contributed by atoms with Crippen LogP contribution in [0, 0.1) is 0 Å². The zero-order valence-electron chi connectivity index (χ0n) is 10.2. The Morgan fingerprint density at radius 3 is 2.89 bits per heavy atom. The van der Waals surface area contributed by atoms with E-state index in [-0.39, 0.29) is 17.2 Å². The molecule has 2 aromatic heterocycles. The summed E-state index contributed by atoms with van der Waals surface area (Å²) < 4.78 is 4.94. The van der Waals surface area contributed by atoms with E-state index in [1.165, 1.54) is 11.1 Å². The third kappa shape index (κ3) is 2.76. The fourth-order valence-electron chi connectivity index (χ4n) is 1.69. The molecule has 2 rings (SSSR count). The van der Waals surface area contributed by atoms with Crippen LogP contribution in [0.1, 0.15) is 22.2 Å². The van der Waals surface area contributed by atoms with Crippen LogP contribution < -0.4 is 0 Å². The Balaban J connectivity index is 2.05. The first kappa shape index (κ1) is 13.2. The second-order valence-corrected chi connectivity index (χ2v) is 5.53. The van der Waals surface area contributed by atoms with Crippen LogP contribution in [0.15, 0.2) is 34.3 Å². The highest BCUT2D eigenvalue weighted by molar-refractivity contribution is 7.09. The predicted molar refractivity (Wildman–Crippen MR) is 73.3 cm³/mol. The van der Waals surface area contributed by atoms with E-state index >= 15 is 0 Å². The lowest BCUT2D eigenvalue weighted by molar-refractivity contribution is 0.0743. The second kappa shape index (κ2) is 5.59. The summed E-state index contributed by atoms with van der Waals surface area (Å²) in [6.45, 7) is 2.02. The van der Waals surface area contributed by atoms with Gasteiger partial charge in [-0.3, -0.25) is 4.79 Å². The number of carbonyl (C=O) groups excluding carboxylic acids is 1. The molecule has 3 nitrogen and oxygen atoms in total. The average molecular weight is 284 g/mol. The molecule has 0 spiro atoms. The molecule has 0 aliphatic rings. The van der Waals surface area contributed by atoms with E-state index < -0.39 is 0 Å². The molecule has 1 atom stereocenters. The van der Waals surface area contributed by atoms with Gasteiger partial charge in [0.05, 0.1) is 11.8 Å². The molecular formula is C13H14ClNO2S. The van der Waals surface area contributed by atoms with Crippen LogP contribution in [0.2, 0.25) is 5.22 Å². The largest absolute Gasteiger partial charge is 0.452 e. The molecule has 0 saturated carbocycles. The lowest BCUT2D eigenvalue weighted by Gasteiger charge is -2.24. The summed E-state index contributed by atoms with van der Waals surface area (Å²) in [6.07, 6.45) is 2.27. The maximum atomic E-state index is 12.2. The van der Waals surface area contributed by atoms with Crippen molar-refractivity contribution in [1.82, 2.24) is 4.90 Å². The van der Waals surface area contributed by atoms with Crippen molar-refractivity contribution in [3.8, 4) is 0 Å². The molecule has 0 aliphatic heterocycles. The van der Waals surface area contributed by atoms with Crippen molar-refractivity contribution in [2.75, 3.05) is 7.05 Å². The van der Waals surface area contributed by atoms with Gasteiger partial charge in [0.15, 0.2) is 0 Å². The molecule has 0 saturated heterocycles. The third-order valence-electron chi connectivity index (χ3n) is 2.91. The summed E-state index contributed by atoms with van der Waals surface area (Å²) in [5, 5.41) is 2.19. The number of hydrogen-bond donors (Lipinski definition) is 0. The Morgan fingerprint density at radius 2 is 2.33 bits per heavy atom. The number of hydrogen-bond acceptors (Lipinski definition) is 3. The number of carbonyl (C=O) groups is 1. The van der Waals surface area contributed by atoms with Gasteiger partial charge in [0, 0.05) is 24.4 Å². The van der Waals surface area contributed by atoms with Gasteiger partial charge in [-0.15, -0.1) is 11.3 Å². The third-order valence-corrected chi connectivity index (χ3v) is 4.10. The van der Waals surface area contributed by atoms with Gasteiger partial charge in [0.2, 0.25) is 5.22 Å².